The highest BCUT2D eigenvalue weighted by Gasteiger charge is 2.05. The van der Waals surface area contributed by atoms with E-state index >= 15 is 0 Å². The number of rotatable bonds is 3. The lowest BCUT2D eigenvalue weighted by atomic mass is 10.2. The van der Waals surface area contributed by atoms with E-state index in [1.54, 1.807) is 12.1 Å². The number of carbonyl (C=O) groups is 1. The number of hydrogen-bond donors (Lipinski definition) is 1. The second-order valence-corrected chi connectivity index (χ2v) is 2.24. The van der Waals surface area contributed by atoms with E-state index in [4.69, 9.17) is 4.74 Å². The van der Waals surface area contributed by atoms with Gasteiger partial charge in [0.1, 0.15) is 11.5 Å². The summed E-state index contributed by atoms with van der Waals surface area (Å²) in [6.07, 6.45) is 0.584. The minimum atomic E-state index is -0.0454. The van der Waals surface area contributed by atoms with Crippen molar-refractivity contribution in [3.63, 3.8) is 0 Å². The Morgan fingerprint density at radius 3 is 2.92 bits per heavy atom. The van der Waals surface area contributed by atoms with E-state index < -0.39 is 0 Å². The number of phenolic OH excluding ortho intramolecular Hbond substituents is 1. The molecule has 0 saturated carbocycles. The lowest BCUT2D eigenvalue weighted by Crippen LogP contribution is -1.95. The average molecular weight is 166 g/mol. The first-order valence-electron chi connectivity index (χ1n) is 3.69. The van der Waals surface area contributed by atoms with Crippen LogP contribution >= 0.6 is 0 Å². The van der Waals surface area contributed by atoms with Gasteiger partial charge in [-0.2, -0.15) is 0 Å². The largest absolute Gasteiger partial charge is 0.507 e. The summed E-state index contributed by atoms with van der Waals surface area (Å²) in [5.74, 6) is 0.378. The fraction of sp³-hybridized carbons (Fsp3) is 0.222. The van der Waals surface area contributed by atoms with Crippen LogP contribution in [0.1, 0.15) is 17.3 Å². The average Bonchev–Trinajstić information content (AvgIpc) is 2.05. The van der Waals surface area contributed by atoms with E-state index in [-0.39, 0.29) is 11.3 Å². The van der Waals surface area contributed by atoms with Gasteiger partial charge in [0.05, 0.1) is 12.2 Å². The van der Waals surface area contributed by atoms with Gasteiger partial charge in [-0.05, 0) is 19.1 Å². The zero-order valence-electron chi connectivity index (χ0n) is 6.78. The number of hydrogen-bond acceptors (Lipinski definition) is 3. The van der Waals surface area contributed by atoms with Crippen molar-refractivity contribution in [3.05, 3.63) is 23.8 Å². The van der Waals surface area contributed by atoms with Crippen LogP contribution in [-0.4, -0.2) is 18.0 Å². The van der Waals surface area contributed by atoms with Crippen molar-refractivity contribution >= 4 is 6.29 Å². The van der Waals surface area contributed by atoms with Crippen molar-refractivity contribution in [2.75, 3.05) is 6.61 Å². The molecular weight excluding hydrogens is 156 g/mol. The van der Waals surface area contributed by atoms with Crippen LogP contribution in [0.2, 0.25) is 0 Å². The molecule has 0 aliphatic heterocycles. The Morgan fingerprint density at radius 2 is 2.33 bits per heavy atom. The monoisotopic (exact) mass is 166 g/mol. The summed E-state index contributed by atoms with van der Waals surface area (Å²) in [5, 5.41) is 9.21. The van der Waals surface area contributed by atoms with E-state index in [1.165, 1.54) is 6.07 Å². The molecule has 0 radical (unpaired) electrons. The fourth-order valence-electron chi connectivity index (χ4n) is 0.932. The highest BCUT2D eigenvalue weighted by Crippen LogP contribution is 2.24. The topological polar surface area (TPSA) is 46.5 Å². The lowest BCUT2D eigenvalue weighted by Gasteiger charge is -2.05. The molecule has 1 aromatic carbocycles. The standard InChI is InChI=1S/C9H10O3/c1-2-12-9-5-3-4-8(11)7(9)6-10/h3-6,11H,2H2,1H3. The van der Waals surface area contributed by atoms with E-state index in [0.717, 1.165) is 0 Å². The minimum Gasteiger partial charge on any atom is -0.507 e. The second kappa shape index (κ2) is 3.76. The predicted molar refractivity (Wildman–Crippen MR) is 44.7 cm³/mol. The quantitative estimate of drug-likeness (QED) is 0.694. The molecule has 0 amide bonds. The Bertz CT molecular complexity index is 281. The maximum atomic E-state index is 10.5. The van der Waals surface area contributed by atoms with E-state index in [9.17, 15) is 9.90 Å². The van der Waals surface area contributed by atoms with Crippen molar-refractivity contribution in [1.29, 1.82) is 0 Å². The maximum Gasteiger partial charge on any atom is 0.157 e. The summed E-state index contributed by atoms with van der Waals surface area (Å²) in [4.78, 5) is 10.5. The third-order valence-corrected chi connectivity index (χ3v) is 1.46. The smallest absolute Gasteiger partial charge is 0.157 e. The molecule has 0 heterocycles. The number of benzene rings is 1. The van der Waals surface area contributed by atoms with Crippen molar-refractivity contribution < 1.29 is 14.6 Å². The van der Waals surface area contributed by atoms with Crippen LogP contribution in [0.5, 0.6) is 11.5 Å². The van der Waals surface area contributed by atoms with Crippen LogP contribution in [0, 0.1) is 0 Å². The van der Waals surface area contributed by atoms with Gasteiger partial charge in [0.25, 0.3) is 0 Å². The molecule has 1 N–H and O–H groups in total. The Kier molecular flexibility index (Phi) is 2.69. The molecule has 1 aromatic rings. The Balaban J connectivity index is 3.09. The van der Waals surface area contributed by atoms with Crippen molar-refractivity contribution in [1.82, 2.24) is 0 Å². The number of carbonyl (C=O) groups excluding carboxylic acids is 1. The second-order valence-electron chi connectivity index (χ2n) is 2.24. The van der Waals surface area contributed by atoms with E-state index in [2.05, 4.69) is 0 Å². The van der Waals surface area contributed by atoms with Gasteiger partial charge in [0, 0.05) is 0 Å². The summed E-state index contributed by atoms with van der Waals surface area (Å²) in [5.41, 5.74) is 0.208. The molecule has 64 valence electrons. The zero-order valence-corrected chi connectivity index (χ0v) is 6.78. The molecule has 0 fully saturated rings. The molecule has 0 aliphatic rings. The van der Waals surface area contributed by atoms with Crippen molar-refractivity contribution in [2.24, 2.45) is 0 Å². The normalized spacial score (nSPS) is 9.42. The van der Waals surface area contributed by atoms with Gasteiger partial charge >= 0.3 is 0 Å². The Morgan fingerprint density at radius 1 is 1.58 bits per heavy atom. The summed E-state index contributed by atoms with van der Waals surface area (Å²) in [7, 11) is 0. The van der Waals surface area contributed by atoms with Gasteiger partial charge in [0.2, 0.25) is 0 Å². The number of ether oxygens (including phenoxy) is 1. The summed E-state index contributed by atoms with van der Waals surface area (Å²) in [6.45, 7) is 2.29. The first kappa shape index (κ1) is 8.59. The maximum absolute atomic E-state index is 10.5. The number of aromatic hydroxyl groups is 1. The third kappa shape index (κ3) is 1.56. The van der Waals surface area contributed by atoms with Crippen LogP contribution in [0.15, 0.2) is 18.2 Å². The van der Waals surface area contributed by atoms with Gasteiger partial charge in [-0.3, -0.25) is 4.79 Å². The molecule has 0 saturated heterocycles. The van der Waals surface area contributed by atoms with Gasteiger partial charge in [-0.25, -0.2) is 0 Å². The highest BCUT2D eigenvalue weighted by molar-refractivity contribution is 5.83. The molecule has 0 aliphatic carbocycles. The van der Waals surface area contributed by atoms with Gasteiger partial charge in [0.15, 0.2) is 6.29 Å². The molecule has 0 bridgehead atoms. The highest BCUT2D eigenvalue weighted by atomic mass is 16.5. The number of aldehydes is 1. The lowest BCUT2D eigenvalue weighted by molar-refractivity contribution is 0.111. The molecule has 0 spiro atoms. The number of phenols is 1. The first-order valence-corrected chi connectivity index (χ1v) is 3.69. The van der Waals surface area contributed by atoms with Crippen LogP contribution < -0.4 is 4.74 Å². The molecule has 0 unspecified atom stereocenters. The molecule has 0 atom stereocenters. The van der Waals surface area contributed by atoms with Gasteiger partial charge in [-0.15, -0.1) is 0 Å². The zero-order chi connectivity index (χ0) is 8.97. The molecule has 3 heteroatoms. The summed E-state index contributed by atoms with van der Waals surface area (Å²) >= 11 is 0. The van der Waals surface area contributed by atoms with Crippen molar-refractivity contribution in [3.8, 4) is 11.5 Å². The Labute approximate surface area is 70.6 Å². The van der Waals surface area contributed by atoms with Crippen molar-refractivity contribution in [2.45, 2.75) is 6.92 Å². The molecule has 12 heavy (non-hydrogen) atoms. The van der Waals surface area contributed by atoms with Crippen LogP contribution in [0.3, 0.4) is 0 Å². The fourth-order valence-corrected chi connectivity index (χ4v) is 0.932. The van der Waals surface area contributed by atoms with Crippen LogP contribution in [0.25, 0.3) is 0 Å². The van der Waals surface area contributed by atoms with E-state index in [0.29, 0.717) is 18.6 Å². The summed E-state index contributed by atoms with van der Waals surface area (Å²) < 4.78 is 5.12. The molecular formula is C9H10O3. The SMILES string of the molecule is CCOc1cccc(O)c1C=O. The summed E-state index contributed by atoms with van der Waals surface area (Å²) in [6, 6.07) is 4.73. The van der Waals surface area contributed by atoms with Gasteiger partial charge in [-0.1, -0.05) is 6.07 Å². The molecule has 1 rings (SSSR count). The van der Waals surface area contributed by atoms with Crippen LogP contribution in [-0.2, 0) is 0 Å². The predicted octanol–water partition coefficient (Wildman–Crippen LogP) is 1.60. The Hall–Kier alpha value is -1.51. The molecule has 3 nitrogen and oxygen atoms in total. The first-order chi connectivity index (χ1) is 5.79. The van der Waals surface area contributed by atoms with E-state index in [1.807, 2.05) is 6.92 Å². The third-order valence-electron chi connectivity index (χ3n) is 1.46. The van der Waals surface area contributed by atoms with Crippen LogP contribution in [0.4, 0.5) is 0 Å². The van der Waals surface area contributed by atoms with Gasteiger partial charge < -0.3 is 9.84 Å². The minimum absolute atomic E-state index is 0.0454. The molecule has 0 aromatic heterocycles.